The highest BCUT2D eigenvalue weighted by atomic mass is 35.5. The minimum atomic E-state index is -4.84. The first kappa shape index (κ1) is 27.4. The van der Waals surface area contributed by atoms with Crippen molar-refractivity contribution in [2.75, 3.05) is 0 Å². The molecular weight excluding hydrogens is 572 g/mol. The summed E-state index contributed by atoms with van der Waals surface area (Å²) in [5.41, 5.74) is -0.261. The van der Waals surface area contributed by atoms with Gasteiger partial charge < -0.3 is 4.57 Å². The second-order valence-corrected chi connectivity index (χ2v) is 11.0. The van der Waals surface area contributed by atoms with Crippen LogP contribution in [0.5, 0.6) is 0 Å². The zero-order valence-corrected chi connectivity index (χ0v) is 21.8. The van der Waals surface area contributed by atoms with Gasteiger partial charge in [0, 0.05) is 45.1 Å². The molecule has 0 aliphatic heterocycles. The van der Waals surface area contributed by atoms with Gasteiger partial charge in [-0.2, -0.15) is 0 Å². The van der Waals surface area contributed by atoms with Gasteiger partial charge in [0.1, 0.15) is 29.0 Å². The van der Waals surface area contributed by atoms with Gasteiger partial charge >= 0.3 is 0 Å². The van der Waals surface area contributed by atoms with Crippen molar-refractivity contribution in [3.05, 3.63) is 118 Å². The molecule has 1 aliphatic rings. The van der Waals surface area contributed by atoms with Crippen LogP contribution in [0.2, 0.25) is 5.02 Å². The smallest absolute Gasteiger partial charge is 0.282 e. The van der Waals surface area contributed by atoms with E-state index in [2.05, 4.69) is 0 Å². The van der Waals surface area contributed by atoms with E-state index in [-0.39, 0.29) is 39.0 Å². The number of sulfonamides is 1. The number of Topliss-reactive ketones (excluding diaryl/α,β-unsaturated/α-hetero) is 1. The Bertz CT molecular complexity index is 1880. The van der Waals surface area contributed by atoms with Crippen LogP contribution in [-0.4, -0.2) is 24.7 Å². The first-order valence-corrected chi connectivity index (χ1v) is 13.5. The molecule has 5 rings (SSSR count). The largest absolute Gasteiger partial charge is 0.331 e. The molecule has 1 amide bonds. The fraction of sp³-hybridized carbons (Fsp3) is 0.0714. The Morgan fingerprint density at radius 2 is 1.68 bits per heavy atom. The van der Waals surface area contributed by atoms with Crippen LogP contribution in [0.15, 0.2) is 77.7 Å². The van der Waals surface area contributed by atoms with Gasteiger partial charge in [0.15, 0.2) is 5.78 Å². The third-order valence-corrected chi connectivity index (χ3v) is 7.77. The number of benzene rings is 3. The van der Waals surface area contributed by atoms with Gasteiger partial charge in [-0.25, -0.2) is 30.7 Å². The number of carbonyl (C=O) groups excluding carboxylic acids is 2. The van der Waals surface area contributed by atoms with Crippen molar-refractivity contribution in [3.63, 3.8) is 0 Å². The van der Waals surface area contributed by atoms with E-state index in [0.717, 1.165) is 18.2 Å². The van der Waals surface area contributed by atoms with Crippen LogP contribution in [0, 0.1) is 23.3 Å². The molecule has 1 heterocycles. The number of hydrogen-bond acceptors (Lipinski definition) is 4. The van der Waals surface area contributed by atoms with Gasteiger partial charge in [-0.15, -0.1) is 0 Å². The van der Waals surface area contributed by atoms with E-state index in [1.54, 1.807) is 16.9 Å². The maximum Gasteiger partial charge on any atom is 0.282 e. The summed E-state index contributed by atoms with van der Waals surface area (Å²) < 4.78 is 85.3. The van der Waals surface area contributed by atoms with Crippen LogP contribution < -0.4 is 4.72 Å². The van der Waals surface area contributed by atoms with Crippen molar-refractivity contribution in [2.24, 2.45) is 0 Å². The third-order valence-electron chi connectivity index (χ3n) is 6.22. The lowest BCUT2D eigenvalue weighted by atomic mass is 9.93. The van der Waals surface area contributed by atoms with Gasteiger partial charge in [0.2, 0.25) is 0 Å². The fourth-order valence-electron chi connectivity index (χ4n) is 4.51. The molecule has 1 N–H and O–H groups in total. The predicted molar refractivity (Wildman–Crippen MR) is 140 cm³/mol. The molecule has 4 aromatic rings. The average molecular weight is 589 g/mol. The van der Waals surface area contributed by atoms with Gasteiger partial charge in [0.25, 0.3) is 15.9 Å². The highest BCUT2D eigenvalue weighted by molar-refractivity contribution is 7.90. The number of carbonyl (C=O) groups is 2. The molecule has 40 heavy (non-hydrogen) atoms. The molecule has 0 atom stereocenters. The molecule has 12 heteroatoms. The minimum absolute atomic E-state index is 0.00165. The number of nitrogens with one attached hydrogen (secondary N) is 1. The zero-order chi connectivity index (χ0) is 28.8. The lowest BCUT2D eigenvalue weighted by Gasteiger charge is -2.15. The Labute approximate surface area is 230 Å². The van der Waals surface area contributed by atoms with Gasteiger partial charge in [-0.3, -0.25) is 9.59 Å². The summed E-state index contributed by atoms with van der Waals surface area (Å²) in [7, 11) is -4.84. The monoisotopic (exact) mass is 588 g/mol. The molecule has 0 saturated heterocycles. The molecule has 0 spiro atoms. The van der Waals surface area contributed by atoms with Crippen LogP contribution in [0.3, 0.4) is 0 Å². The Morgan fingerprint density at radius 1 is 0.950 bits per heavy atom. The van der Waals surface area contributed by atoms with Crippen LogP contribution >= 0.6 is 11.6 Å². The molecule has 0 radical (unpaired) electrons. The summed E-state index contributed by atoms with van der Waals surface area (Å²) in [4.78, 5) is 25.8. The normalized spacial score (nSPS) is 13.5. The second-order valence-electron chi connectivity index (χ2n) is 8.88. The number of ketones is 1. The number of nitrogens with zero attached hydrogens (tertiary/aromatic N) is 1. The zero-order valence-electron chi connectivity index (χ0n) is 20.2. The molecule has 3 aromatic carbocycles. The van der Waals surface area contributed by atoms with Crippen molar-refractivity contribution >= 4 is 49.8 Å². The quantitative estimate of drug-likeness (QED) is 0.283. The number of fused-ring (bicyclic) bond motifs is 1. The number of aromatic nitrogens is 1. The van der Waals surface area contributed by atoms with Crippen molar-refractivity contribution < 1.29 is 35.6 Å². The number of amides is 1. The molecule has 6 nitrogen and oxygen atoms in total. The van der Waals surface area contributed by atoms with E-state index in [0.29, 0.717) is 18.2 Å². The summed E-state index contributed by atoms with van der Waals surface area (Å²) in [6, 6.07) is 8.63. The molecule has 204 valence electrons. The number of halogens is 5. The van der Waals surface area contributed by atoms with Gasteiger partial charge in [-0.05, 0) is 48.5 Å². The highest BCUT2D eigenvalue weighted by Crippen LogP contribution is 2.36. The fourth-order valence-corrected chi connectivity index (χ4v) is 5.68. The van der Waals surface area contributed by atoms with Crippen LogP contribution in [0.1, 0.15) is 28.0 Å². The van der Waals surface area contributed by atoms with E-state index in [1.807, 2.05) is 0 Å². The average Bonchev–Trinajstić information content (AvgIpc) is 3.18. The van der Waals surface area contributed by atoms with Crippen molar-refractivity contribution in [1.82, 2.24) is 9.29 Å². The molecule has 0 bridgehead atoms. The maximum absolute atomic E-state index is 14.7. The Morgan fingerprint density at radius 3 is 2.38 bits per heavy atom. The van der Waals surface area contributed by atoms with E-state index in [1.165, 1.54) is 28.8 Å². The summed E-state index contributed by atoms with van der Waals surface area (Å²) in [6.07, 6.45) is 4.58. The van der Waals surface area contributed by atoms with Crippen molar-refractivity contribution in [3.8, 4) is 0 Å². The van der Waals surface area contributed by atoms with E-state index >= 15 is 0 Å². The number of rotatable bonds is 6. The van der Waals surface area contributed by atoms with Crippen molar-refractivity contribution in [1.29, 1.82) is 0 Å². The van der Waals surface area contributed by atoms with Crippen molar-refractivity contribution in [2.45, 2.75) is 17.9 Å². The molecular formula is C28H17ClF4N2O4S. The van der Waals surface area contributed by atoms with Crippen LogP contribution in [0.4, 0.5) is 17.6 Å². The van der Waals surface area contributed by atoms with Crippen LogP contribution in [-0.2, 0) is 21.4 Å². The molecule has 0 unspecified atom stereocenters. The minimum Gasteiger partial charge on any atom is -0.331 e. The third kappa shape index (κ3) is 5.17. The van der Waals surface area contributed by atoms with Gasteiger partial charge in [-0.1, -0.05) is 29.8 Å². The topological polar surface area (TPSA) is 85.2 Å². The van der Waals surface area contributed by atoms with E-state index < -0.39 is 62.1 Å². The second kappa shape index (κ2) is 10.4. The SMILES string of the molecule is O=C1CC=CC=C1c1c(C(=O)NS(=O)(=O)c2cc(F)cc(F)c2)n(Cc2cc(F)ccc2F)c2ccc(Cl)cc12. The summed E-state index contributed by atoms with van der Waals surface area (Å²) >= 11 is 6.22. The lowest BCUT2D eigenvalue weighted by molar-refractivity contribution is -0.113. The summed E-state index contributed by atoms with van der Waals surface area (Å²) in [6.45, 7) is -0.448. The molecule has 0 saturated carbocycles. The molecule has 1 aromatic heterocycles. The van der Waals surface area contributed by atoms with E-state index in [4.69, 9.17) is 11.6 Å². The maximum atomic E-state index is 14.7. The predicted octanol–water partition coefficient (Wildman–Crippen LogP) is 5.93. The first-order valence-electron chi connectivity index (χ1n) is 11.6. The lowest BCUT2D eigenvalue weighted by Crippen LogP contribution is -2.33. The first-order chi connectivity index (χ1) is 18.9. The van der Waals surface area contributed by atoms with Gasteiger partial charge in [0.05, 0.1) is 11.4 Å². The summed E-state index contributed by atoms with van der Waals surface area (Å²) in [5, 5.41) is 0.482. The Kier molecular flexibility index (Phi) is 7.11. The standard InChI is InChI=1S/C28H17ClF4N2O4S/c29-16-5-8-24-22(10-16)26(21-3-1-2-4-25(21)36)27(35(24)14-15-9-17(30)6-7-23(15)33)28(37)34-40(38,39)20-12-18(31)11-19(32)13-20/h1-3,5-13H,4,14H2,(H,34,37). The molecule has 1 aliphatic carbocycles. The van der Waals surface area contributed by atoms with Crippen LogP contribution in [0.25, 0.3) is 16.5 Å². The number of hydrogen-bond donors (Lipinski definition) is 1. The molecule has 0 fully saturated rings. The Balaban J connectivity index is 1.76. The highest BCUT2D eigenvalue weighted by Gasteiger charge is 2.31. The Hall–Kier alpha value is -4.22. The number of allylic oxidation sites excluding steroid dienone is 4. The van der Waals surface area contributed by atoms with E-state index in [9.17, 15) is 35.6 Å². The summed E-state index contributed by atoms with van der Waals surface area (Å²) in [5.74, 6) is -5.63.